The van der Waals surface area contributed by atoms with Crippen molar-refractivity contribution in [2.24, 2.45) is 0 Å². The van der Waals surface area contributed by atoms with Crippen molar-refractivity contribution in [2.45, 2.75) is 0 Å². The zero-order valence-corrected chi connectivity index (χ0v) is 7.79. The second kappa shape index (κ2) is 7.00. The number of halogens is 1. The number of hydrogen-bond donors (Lipinski definition) is 0. The van der Waals surface area contributed by atoms with Gasteiger partial charge in [-0.05, 0) is 0 Å². The molecule has 0 aliphatic rings. The van der Waals surface area contributed by atoms with Crippen molar-refractivity contribution in [3.8, 4) is 0 Å². The molecule has 0 amide bonds. The Hall–Kier alpha value is 2.00. The van der Waals surface area contributed by atoms with Gasteiger partial charge in [-0.2, -0.15) is 0 Å². The molecule has 0 aliphatic heterocycles. The van der Waals surface area contributed by atoms with E-state index in [0.717, 1.165) is 0 Å². The first kappa shape index (κ1) is 10.9. The van der Waals surface area contributed by atoms with Crippen LogP contribution in [0.1, 0.15) is 0 Å². The molecule has 0 heterocycles. The second-order valence-corrected chi connectivity index (χ2v) is 1.35. The van der Waals surface area contributed by atoms with Crippen molar-refractivity contribution < 1.29 is 85.1 Å². The summed E-state index contributed by atoms with van der Waals surface area (Å²) < 4.78 is 30.2. The van der Waals surface area contributed by atoms with Gasteiger partial charge in [-0.3, -0.25) is 0 Å². The molecule has 0 radical (unpaired) electrons. The summed E-state index contributed by atoms with van der Waals surface area (Å²) in [6.07, 6.45) is 0. The first-order valence-corrected chi connectivity index (χ1v) is 2.68. The summed E-state index contributed by atoms with van der Waals surface area (Å²) in [7, 11) is 0. The van der Waals surface area contributed by atoms with Crippen LogP contribution in [0.25, 0.3) is 0 Å². The number of rotatable bonds is 1. The molecular formula is FKO3Ti. The standard InChI is InChI=1S/FO.K.2O.Ti/c1-2;;;;/q-1;+1;;-1;+1. The molecule has 0 aromatic rings. The quantitative estimate of drug-likeness (QED) is 0.362. The fourth-order valence-electron chi connectivity index (χ4n) is 0. The molecule has 0 bridgehead atoms. The molecule has 0 saturated carbocycles. The third-order valence-electron chi connectivity index (χ3n) is 0.0630. The first-order valence-electron chi connectivity index (χ1n) is 0.767. The fourth-order valence-corrected chi connectivity index (χ4v) is 0. The molecular weight excluding hydrogens is 154 g/mol. The third-order valence-corrected chi connectivity index (χ3v) is 0.260. The molecule has 0 N–H and O–H groups in total. The Morgan fingerprint density at radius 2 is 2.00 bits per heavy atom. The second-order valence-electron chi connectivity index (χ2n) is 0.327. The average Bonchev–Trinajstić information content (AvgIpc) is 1.38. The maximum atomic E-state index is 10.1. The Morgan fingerprint density at radius 1 is 1.83 bits per heavy atom. The minimum atomic E-state index is -4.02. The Bertz CT molecular complexity index is 46.1. The molecule has 0 fully saturated rings. The zero-order chi connectivity index (χ0) is 4.28. The van der Waals surface area contributed by atoms with Crippen LogP contribution in [0.5, 0.6) is 0 Å². The van der Waals surface area contributed by atoms with E-state index in [9.17, 15) is 4.53 Å². The van der Waals surface area contributed by atoms with E-state index >= 15 is 0 Å². The van der Waals surface area contributed by atoms with Crippen LogP contribution in [-0.4, -0.2) is 0 Å². The summed E-state index contributed by atoms with van der Waals surface area (Å²) in [5, 5.41) is 0. The van der Waals surface area contributed by atoms with Gasteiger partial charge in [-0.15, -0.1) is 0 Å². The maximum absolute atomic E-state index is 10.1. The van der Waals surface area contributed by atoms with Crippen molar-refractivity contribution in [2.75, 3.05) is 0 Å². The Kier molecular flexibility index (Phi) is 12.7. The summed E-state index contributed by atoms with van der Waals surface area (Å²) in [4.78, 5) is 0. The number of hydrogen-bond acceptors (Lipinski definition) is 3. The zero-order valence-electron chi connectivity index (χ0n) is 3.10. The predicted octanol–water partition coefficient (Wildman–Crippen LogP) is -3.95. The molecule has 0 unspecified atom stereocenters. The van der Waals surface area contributed by atoms with Gasteiger partial charge in [0.25, 0.3) is 0 Å². The van der Waals surface area contributed by atoms with Crippen molar-refractivity contribution in [3.63, 3.8) is 0 Å². The molecule has 0 spiro atoms. The summed E-state index contributed by atoms with van der Waals surface area (Å²) in [6, 6.07) is 0. The van der Waals surface area contributed by atoms with E-state index in [1.165, 1.54) is 0 Å². The van der Waals surface area contributed by atoms with Crippen molar-refractivity contribution >= 4 is 0 Å². The van der Waals surface area contributed by atoms with E-state index in [4.69, 9.17) is 7.01 Å². The fraction of sp³-hybridized carbons (Fsp3) is 0. The molecule has 0 atom stereocenters. The molecule has 30 valence electrons. The van der Waals surface area contributed by atoms with Gasteiger partial charge < -0.3 is 0 Å². The van der Waals surface area contributed by atoms with Crippen LogP contribution in [0, 0.1) is 0 Å². The average molecular weight is 154 g/mol. The summed E-state index contributed by atoms with van der Waals surface area (Å²) in [5.74, 6) is 0. The minimum absolute atomic E-state index is 0. The van der Waals surface area contributed by atoms with Gasteiger partial charge in [-0.25, -0.2) is 0 Å². The van der Waals surface area contributed by atoms with Gasteiger partial charge >= 0.3 is 85.1 Å². The van der Waals surface area contributed by atoms with Crippen LogP contribution in [0.4, 0.5) is 4.53 Å². The van der Waals surface area contributed by atoms with Gasteiger partial charge in [-0.1, -0.05) is 0 Å². The van der Waals surface area contributed by atoms with Gasteiger partial charge in [0.1, 0.15) is 0 Å². The van der Waals surface area contributed by atoms with Crippen LogP contribution >= 0.6 is 0 Å². The summed E-state index contributed by atoms with van der Waals surface area (Å²) in [5.41, 5.74) is 0. The van der Waals surface area contributed by atoms with Crippen LogP contribution in [-0.2, 0) is 25.5 Å². The molecule has 0 rings (SSSR count). The van der Waals surface area contributed by atoms with Gasteiger partial charge in [0.15, 0.2) is 0 Å². The monoisotopic (exact) mass is 154 g/mol. The predicted molar refractivity (Wildman–Crippen MR) is 2.88 cm³/mol. The molecule has 3 nitrogen and oxygen atoms in total. The van der Waals surface area contributed by atoms with E-state index in [2.05, 4.69) is 3.52 Å². The summed E-state index contributed by atoms with van der Waals surface area (Å²) >= 11 is -4.02. The third kappa shape index (κ3) is 9.38. The Balaban J connectivity index is 0. The van der Waals surface area contributed by atoms with E-state index < -0.39 is 18.6 Å². The first-order chi connectivity index (χ1) is 2.27. The molecule has 0 aliphatic carbocycles. The molecule has 6 heteroatoms. The van der Waals surface area contributed by atoms with Gasteiger partial charge in [0.2, 0.25) is 0 Å². The Morgan fingerprint density at radius 3 is 2.00 bits per heavy atom. The topological polar surface area (TPSA) is 49.4 Å². The summed E-state index contributed by atoms with van der Waals surface area (Å²) in [6.45, 7) is 0. The van der Waals surface area contributed by atoms with E-state index in [-0.39, 0.29) is 51.4 Å². The van der Waals surface area contributed by atoms with E-state index in [1.807, 2.05) is 0 Å². The van der Waals surface area contributed by atoms with Gasteiger partial charge in [0, 0.05) is 0 Å². The molecule has 0 saturated heterocycles. The molecule has 6 heavy (non-hydrogen) atoms. The normalized spacial score (nSPS) is 6.33. The van der Waals surface area contributed by atoms with Crippen LogP contribution in [0.2, 0.25) is 0 Å². The molecule has 0 aromatic carbocycles. The van der Waals surface area contributed by atoms with Crippen LogP contribution < -0.4 is 55.1 Å². The van der Waals surface area contributed by atoms with Crippen LogP contribution in [0.15, 0.2) is 0 Å². The van der Waals surface area contributed by atoms with Crippen molar-refractivity contribution in [1.82, 2.24) is 0 Å². The van der Waals surface area contributed by atoms with Crippen LogP contribution in [0.3, 0.4) is 0 Å². The SMILES string of the molecule is [K+].[O]=[Ti]([O-])[O]F. The van der Waals surface area contributed by atoms with E-state index in [1.54, 1.807) is 0 Å². The van der Waals surface area contributed by atoms with E-state index in [0.29, 0.717) is 0 Å². The van der Waals surface area contributed by atoms with Gasteiger partial charge in [0.05, 0.1) is 0 Å². The van der Waals surface area contributed by atoms with Crippen molar-refractivity contribution in [3.05, 3.63) is 0 Å². The Labute approximate surface area is 83.3 Å². The van der Waals surface area contributed by atoms with Crippen molar-refractivity contribution in [1.29, 1.82) is 0 Å². The molecule has 0 aromatic heterocycles.